The number of H-pyrrole nitrogens is 1. The summed E-state index contributed by atoms with van der Waals surface area (Å²) in [5.41, 5.74) is 2.86. The molecule has 0 atom stereocenters. The molecule has 3 heteroatoms. The second kappa shape index (κ2) is 5.71. The summed E-state index contributed by atoms with van der Waals surface area (Å²) in [4.78, 5) is 15.1. The van der Waals surface area contributed by atoms with Gasteiger partial charge < -0.3 is 10.3 Å². The smallest absolute Gasteiger partial charge is 0.267 e. The number of amides is 1. The van der Waals surface area contributed by atoms with E-state index in [2.05, 4.69) is 30.2 Å². The first kappa shape index (κ1) is 12.7. The molecule has 2 rings (SSSR count). The van der Waals surface area contributed by atoms with Crippen molar-refractivity contribution in [1.29, 1.82) is 0 Å². The van der Waals surface area contributed by atoms with Crippen LogP contribution >= 0.6 is 0 Å². The van der Waals surface area contributed by atoms with Crippen LogP contribution in [0.15, 0.2) is 24.3 Å². The second-order valence-electron chi connectivity index (χ2n) is 4.74. The van der Waals surface area contributed by atoms with E-state index in [1.165, 1.54) is 12.0 Å². The van der Waals surface area contributed by atoms with Crippen LogP contribution in [0.2, 0.25) is 0 Å². The quantitative estimate of drug-likeness (QED) is 0.778. The molecule has 2 aromatic rings. The van der Waals surface area contributed by atoms with E-state index in [1.807, 2.05) is 18.2 Å². The Bertz CT molecular complexity index is 542. The van der Waals surface area contributed by atoms with Gasteiger partial charge in [-0.1, -0.05) is 31.4 Å². The van der Waals surface area contributed by atoms with Gasteiger partial charge in [0.25, 0.3) is 5.91 Å². The monoisotopic (exact) mass is 244 g/mol. The molecule has 0 aliphatic rings. The van der Waals surface area contributed by atoms with Gasteiger partial charge in [-0.3, -0.25) is 4.79 Å². The average molecular weight is 244 g/mol. The molecule has 0 radical (unpaired) electrons. The van der Waals surface area contributed by atoms with Crippen molar-refractivity contribution in [2.75, 3.05) is 6.54 Å². The summed E-state index contributed by atoms with van der Waals surface area (Å²) in [6.07, 6.45) is 3.37. The number of nitrogens with one attached hydrogen (secondary N) is 2. The fraction of sp³-hybridized carbons (Fsp3) is 0.400. The number of unbranched alkanes of at least 4 members (excludes halogenated alkanes) is 2. The number of benzene rings is 1. The zero-order valence-electron chi connectivity index (χ0n) is 11.0. The van der Waals surface area contributed by atoms with Crippen molar-refractivity contribution in [2.24, 2.45) is 0 Å². The zero-order valence-corrected chi connectivity index (χ0v) is 11.0. The van der Waals surface area contributed by atoms with Crippen molar-refractivity contribution in [3.63, 3.8) is 0 Å². The number of aryl methyl sites for hydroxylation is 1. The topological polar surface area (TPSA) is 44.9 Å². The number of carbonyl (C=O) groups excluding carboxylic acids is 1. The summed E-state index contributed by atoms with van der Waals surface area (Å²) in [6.45, 7) is 4.96. The van der Waals surface area contributed by atoms with Crippen molar-refractivity contribution < 1.29 is 4.79 Å². The molecule has 1 aromatic carbocycles. The van der Waals surface area contributed by atoms with Crippen LogP contribution in [-0.2, 0) is 0 Å². The highest BCUT2D eigenvalue weighted by molar-refractivity contribution is 5.98. The maximum atomic E-state index is 11.9. The Morgan fingerprint density at radius 1 is 1.28 bits per heavy atom. The Labute approximate surface area is 108 Å². The lowest BCUT2D eigenvalue weighted by Crippen LogP contribution is -2.24. The third kappa shape index (κ3) is 2.92. The third-order valence-corrected chi connectivity index (χ3v) is 3.09. The summed E-state index contributed by atoms with van der Waals surface area (Å²) >= 11 is 0. The third-order valence-electron chi connectivity index (χ3n) is 3.09. The van der Waals surface area contributed by atoms with Gasteiger partial charge in [0.15, 0.2) is 0 Å². The number of carbonyl (C=O) groups is 1. The highest BCUT2D eigenvalue weighted by Gasteiger charge is 2.08. The number of aromatic amines is 1. The molecule has 1 amide bonds. The number of hydrogen-bond donors (Lipinski definition) is 2. The van der Waals surface area contributed by atoms with Crippen molar-refractivity contribution in [2.45, 2.75) is 33.1 Å². The SMILES string of the molecule is CCCCCNC(=O)c1cc2cc(C)ccc2[nH]1. The summed E-state index contributed by atoms with van der Waals surface area (Å²) in [7, 11) is 0. The van der Waals surface area contributed by atoms with E-state index in [4.69, 9.17) is 0 Å². The molecule has 1 aromatic heterocycles. The molecule has 0 unspecified atom stereocenters. The number of fused-ring (bicyclic) bond motifs is 1. The molecule has 18 heavy (non-hydrogen) atoms. The summed E-state index contributed by atoms with van der Waals surface area (Å²) in [6, 6.07) is 8.05. The summed E-state index contributed by atoms with van der Waals surface area (Å²) < 4.78 is 0. The molecule has 0 aliphatic heterocycles. The minimum Gasteiger partial charge on any atom is -0.351 e. The van der Waals surface area contributed by atoms with Crippen LogP contribution in [0.3, 0.4) is 0 Å². The Kier molecular flexibility index (Phi) is 4.03. The molecule has 96 valence electrons. The van der Waals surface area contributed by atoms with Crippen LogP contribution in [0.25, 0.3) is 10.9 Å². The Morgan fingerprint density at radius 2 is 2.11 bits per heavy atom. The minimum atomic E-state index is -0.0139. The van der Waals surface area contributed by atoms with Gasteiger partial charge in [-0.2, -0.15) is 0 Å². The largest absolute Gasteiger partial charge is 0.351 e. The Hall–Kier alpha value is -1.77. The van der Waals surface area contributed by atoms with E-state index < -0.39 is 0 Å². The predicted octanol–water partition coefficient (Wildman–Crippen LogP) is 3.40. The maximum absolute atomic E-state index is 11.9. The maximum Gasteiger partial charge on any atom is 0.267 e. The molecule has 0 aliphatic carbocycles. The van der Waals surface area contributed by atoms with Gasteiger partial charge in [0.1, 0.15) is 5.69 Å². The Balaban J connectivity index is 2.04. The zero-order chi connectivity index (χ0) is 13.0. The second-order valence-corrected chi connectivity index (χ2v) is 4.74. The fourth-order valence-corrected chi connectivity index (χ4v) is 2.05. The van der Waals surface area contributed by atoms with Gasteiger partial charge in [-0.15, -0.1) is 0 Å². The number of rotatable bonds is 5. The van der Waals surface area contributed by atoms with Crippen LogP contribution in [-0.4, -0.2) is 17.4 Å². The molecule has 0 spiro atoms. The molecule has 0 saturated carbocycles. The molecular weight excluding hydrogens is 224 g/mol. The summed E-state index contributed by atoms with van der Waals surface area (Å²) in [5.74, 6) is -0.0139. The van der Waals surface area contributed by atoms with E-state index in [1.54, 1.807) is 0 Å². The van der Waals surface area contributed by atoms with Crippen LogP contribution in [0, 0.1) is 6.92 Å². The standard InChI is InChI=1S/C15H20N2O/c1-3-4-5-8-16-15(18)14-10-12-9-11(2)6-7-13(12)17-14/h6-7,9-10,17H,3-5,8H2,1-2H3,(H,16,18). The molecule has 0 saturated heterocycles. The molecule has 2 N–H and O–H groups in total. The van der Waals surface area contributed by atoms with Crippen molar-refractivity contribution in [3.8, 4) is 0 Å². The van der Waals surface area contributed by atoms with Gasteiger partial charge in [-0.05, 0) is 31.5 Å². The van der Waals surface area contributed by atoms with E-state index in [0.29, 0.717) is 5.69 Å². The normalized spacial score (nSPS) is 10.8. The Morgan fingerprint density at radius 3 is 2.89 bits per heavy atom. The lowest BCUT2D eigenvalue weighted by molar-refractivity contribution is 0.0949. The van der Waals surface area contributed by atoms with Crippen LogP contribution < -0.4 is 5.32 Å². The van der Waals surface area contributed by atoms with Crippen LogP contribution in [0.4, 0.5) is 0 Å². The number of aromatic nitrogens is 1. The lowest BCUT2D eigenvalue weighted by atomic mass is 10.2. The van der Waals surface area contributed by atoms with Crippen molar-refractivity contribution in [3.05, 3.63) is 35.5 Å². The molecule has 3 nitrogen and oxygen atoms in total. The first-order chi connectivity index (χ1) is 8.70. The van der Waals surface area contributed by atoms with Gasteiger partial charge in [0, 0.05) is 17.4 Å². The molecule has 1 heterocycles. The predicted molar refractivity (Wildman–Crippen MR) is 74.9 cm³/mol. The first-order valence-electron chi connectivity index (χ1n) is 6.58. The first-order valence-corrected chi connectivity index (χ1v) is 6.58. The highest BCUT2D eigenvalue weighted by atomic mass is 16.1. The van der Waals surface area contributed by atoms with Crippen molar-refractivity contribution >= 4 is 16.8 Å². The average Bonchev–Trinajstić information content (AvgIpc) is 2.77. The van der Waals surface area contributed by atoms with E-state index in [9.17, 15) is 4.79 Å². The lowest BCUT2D eigenvalue weighted by Gasteiger charge is -2.02. The van der Waals surface area contributed by atoms with Crippen molar-refractivity contribution in [1.82, 2.24) is 10.3 Å². The van der Waals surface area contributed by atoms with Gasteiger partial charge in [-0.25, -0.2) is 0 Å². The fourth-order valence-electron chi connectivity index (χ4n) is 2.05. The minimum absolute atomic E-state index is 0.0139. The van der Waals surface area contributed by atoms with Crippen LogP contribution in [0.1, 0.15) is 42.2 Å². The molecule has 0 bridgehead atoms. The van der Waals surface area contributed by atoms with E-state index >= 15 is 0 Å². The van der Waals surface area contributed by atoms with E-state index in [0.717, 1.165) is 30.3 Å². The van der Waals surface area contributed by atoms with Crippen LogP contribution in [0.5, 0.6) is 0 Å². The van der Waals surface area contributed by atoms with Gasteiger partial charge >= 0.3 is 0 Å². The highest BCUT2D eigenvalue weighted by Crippen LogP contribution is 2.16. The molecular formula is C15H20N2O. The summed E-state index contributed by atoms with van der Waals surface area (Å²) in [5, 5.41) is 4.03. The van der Waals surface area contributed by atoms with Gasteiger partial charge in [0.05, 0.1) is 0 Å². The number of hydrogen-bond acceptors (Lipinski definition) is 1. The van der Waals surface area contributed by atoms with E-state index in [-0.39, 0.29) is 5.91 Å². The van der Waals surface area contributed by atoms with Gasteiger partial charge in [0.2, 0.25) is 0 Å². The molecule has 0 fully saturated rings.